The van der Waals surface area contributed by atoms with Gasteiger partial charge in [0.1, 0.15) is 11.6 Å². The van der Waals surface area contributed by atoms with Crippen LogP contribution in [0.2, 0.25) is 0 Å². The number of phenols is 1. The van der Waals surface area contributed by atoms with E-state index in [2.05, 4.69) is 20.5 Å². The van der Waals surface area contributed by atoms with Crippen LogP contribution in [-0.4, -0.2) is 24.7 Å². The first-order valence-corrected chi connectivity index (χ1v) is 7.86. The van der Waals surface area contributed by atoms with Gasteiger partial charge in [-0.15, -0.1) is 10.2 Å². The fraction of sp³-hybridized carbons (Fsp3) is 0.167. The quantitative estimate of drug-likeness (QED) is 0.564. The first-order valence-electron chi connectivity index (χ1n) is 7.86. The van der Waals surface area contributed by atoms with Crippen molar-refractivity contribution in [2.75, 3.05) is 5.32 Å². The summed E-state index contributed by atoms with van der Waals surface area (Å²) in [6, 6.07) is 13.3. The molecule has 0 amide bonds. The number of nitrogens with one attached hydrogen (secondary N) is 1. The van der Waals surface area contributed by atoms with Crippen molar-refractivity contribution in [2.45, 2.75) is 20.3 Å². The molecule has 0 unspecified atom stereocenters. The predicted octanol–water partition coefficient (Wildman–Crippen LogP) is 3.60. The van der Waals surface area contributed by atoms with Crippen molar-refractivity contribution < 1.29 is 5.11 Å². The molecule has 0 spiro atoms. The number of fused-ring (bicyclic) bond motifs is 3. The molecular formula is C18H17N5O. The zero-order valence-corrected chi connectivity index (χ0v) is 13.5. The highest BCUT2D eigenvalue weighted by atomic mass is 16.3. The Bertz CT molecular complexity index is 1050. The average Bonchev–Trinajstić information content (AvgIpc) is 3.03. The van der Waals surface area contributed by atoms with Crippen LogP contribution in [0.4, 0.5) is 11.5 Å². The maximum absolute atomic E-state index is 10.1. The minimum absolute atomic E-state index is 0.170. The summed E-state index contributed by atoms with van der Waals surface area (Å²) in [7, 11) is 0. The van der Waals surface area contributed by atoms with E-state index in [4.69, 9.17) is 0 Å². The second-order valence-electron chi connectivity index (χ2n) is 5.72. The van der Waals surface area contributed by atoms with Gasteiger partial charge in [-0.25, -0.2) is 4.98 Å². The highest BCUT2D eigenvalue weighted by Crippen LogP contribution is 2.30. The average molecular weight is 319 g/mol. The monoisotopic (exact) mass is 319 g/mol. The number of anilines is 2. The summed E-state index contributed by atoms with van der Waals surface area (Å²) >= 11 is 0. The molecule has 2 aromatic carbocycles. The van der Waals surface area contributed by atoms with Crippen molar-refractivity contribution in [3.8, 4) is 5.75 Å². The van der Waals surface area contributed by atoms with E-state index in [1.807, 2.05) is 54.6 Å². The third kappa shape index (κ3) is 2.23. The van der Waals surface area contributed by atoms with E-state index >= 15 is 0 Å². The Labute approximate surface area is 138 Å². The Morgan fingerprint density at radius 3 is 2.79 bits per heavy atom. The minimum Gasteiger partial charge on any atom is -0.506 e. The van der Waals surface area contributed by atoms with Gasteiger partial charge in [-0.1, -0.05) is 25.1 Å². The molecule has 0 bridgehead atoms. The van der Waals surface area contributed by atoms with Gasteiger partial charge in [-0.2, -0.15) is 0 Å². The Morgan fingerprint density at radius 1 is 1.12 bits per heavy atom. The van der Waals surface area contributed by atoms with E-state index in [-0.39, 0.29) is 5.75 Å². The molecular weight excluding hydrogens is 302 g/mol. The molecule has 0 aliphatic heterocycles. The number of rotatable bonds is 3. The number of phenolic OH excluding ortho intramolecular Hbond substituents is 1. The summed E-state index contributed by atoms with van der Waals surface area (Å²) in [6.07, 6.45) is 0.768. The van der Waals surface area contributed by atoms with E-state index in [1.165, 1.54) is 0 Å². The number of aromatic hydroxyl groups is 1. The van der Waals surface area contributed by atoms with Crippen molar-refractivity contribution in [3.63, 3.8) is 0 Å². The molecule has 0 saturated carbocycles. The van der Waals surface area contributed by atoms with Crippen LogP contribution in [0.1, 0.15) is 18.3 Å². The molecule has 0 saturated heterocycles. The standard InChI is InChI=1S/C18H17N5O/c1-3-16-21-22-18-17(20-13-10-11(2)8-9-15(13)24)19-12-6-4-5-7-14(12)23(16)18/h4-10,24H,3H2,1-2H3,(H,19,20). The van der Waals surface area contributed by atoms with Crippen LogP contribution in [-0.2, 0) is 6.42 Å². The first kappa shape index (κ1) is 14.4. The number of para-hydroxylation sites is 2. The molecule has 4 rings (SSSR count). The van der Waals surface area contributed by atoms with Crippen molar-refractivity contribution in [3.05, 3.63) is 53.9 Å². The zero-order chi connectivity index (χ0) is 16.7. The number of nitrogens with zero attached hydrogens (tertiary/aromatic N) is 4. The summed E-state index contributed by atoms with van der Waals surface area (Å²) in [5, 5.41) is 21.9. The molecule has 2 N–H and O–H groups in total. The first-order chi connectivity index (χ1) is 11.7. The van der Waals surface area contributed by atoms with Crippen molar-refractivity contribution in [1.82, 2.24) is 19.6 Å². The Morgan fingerprint density at radius 2 is 1.96 bits per heavy atom. The normalized spacial score (nSPS) is 11.2. The molecule has 2 aromatic heterocycles. The van der Waals surface area contributed by atoms with Crippen molar-refractivity contribution in [2.24, 2.45) is 0 Å². The lowest BCUT2D eigenvalue weighted by Gasteiger charge is -2.11. The van der Waals surface area contributed by atoms with Crippen LogP contribution in [0, 0.1) is 6.92 Å². The van der Waals surface area contributed by atoms with Crippen LogP contribution in [0.25, 0.3) is 16.7 Å². The smallest absolute Gasteiger partial charge is 0.204 e. The molecule has 2 heterocycles. The molecule has 24 heavy (non-hydrogen) atoms. The van der Waals surface area contributed by atoms with E-state index in [0.29, 0.717) is 17.2 Å². The highest BCUT2D eigenvalue weighted by molar-refractivity contribution is 5.85. The largest absolute Gasteiger partial charge is 0.506 e. The van der Waals surface area contributed by atoms with Gasteiger partial charge in [0, 0.05) is 6.42 Å². The van der Waals surface area contributed by atoms with Crippen LogP contribution in [0.3, 0.4) is 0 Å². The summed E-state index contributed by atoms with van der Waals surface area (Å²) in [5.74, 6) is 1.62. The molecule has 4 aromatic rings. The topological polar surface area (TPSA) is 75.3 Å². The van der Waals surface area contributed by atoms with E-state index in [9.17, 15) is 5.11 Å². The Hall–Kier alpha value is -3.15. The number of aryl methyl sites for hydroxylation is 2. The SMILES string of the molecule is CCc1nnc2c(Nc3cc(C)ccc3O)nc3ccccc3n12. The molecule has 0 radical (unpaired) electrons. The summed E-state index contributed by atoms with van der Waals surface area (Å²) in [5.41, 5.74) is 4.09. The number of hydrogen-bond acceptors (Lipinski definition) is 5. The molecule has 6 heteroatoms. The maximum atomic E-state index is 10.1. The summed E-state index contributed by atoms with van der Waals surface area (Å²) < 4.78 is 2.01. The second kappa shape index (κ2) is 5.49. The van der Waals surface area contributed by atoms with E-state index < -0.39 is 0 Å². The van der Waals surface area contributed by atoms with Gasteiger partial charge in [-0.3, -0.25) is 4.40 Å². The highest BCUT2D eigenvalue weighted by Gasteiger charge is 2.15. The molecule has 0 aliphatic rings. The van der Waals surface area contributed by atoms with Gasteiger partial charge in [-0.05, 0) is 36.8 Å². The van der Waals surface area contributed by atoms with Gasteiger partial charge in [0.25, 0.3) is 0 Å². The van der Waals surface area contributed by atoms with Gasteiger partial charge in [0.05, 0.1) is 16.7 Å². The molecule has 0 fully saturated rings. The molecule has 0 atom stereocenters. The third-order valence-corrected chi connectivity index (χ3v) is 4.02. The molecule has 0 aliphatic carbocycles. The van der Waals surface area contributed by atoms with E-state index in [0.717, 1.165) is 28.8 Å². The number of hydrogen-bond donors (Lipinski definition) is 2. The van der Waals surface area contributed by atoms with Gasteiger partial charge < -0.3 is 10.4 Å². The zero-order valence-electron chi connectivity index (χ0n) is 13.5. The van der Waals surface area contributed by atoms with Crippen LogP contribution in [0.15, 0.2) is 42.5 Å². The van der Waals surface area contributed by atoms with Gasteiger partial charge >= 0.3 is 0 Å². The lowest BCUT2D eigenvalue weighted by molar-refractivity contribution is 0.477. The molecule has 6 nitrogen and oxygen atoms in total. The maximum Gasteiger partial charge on any atom is 0.204 e. The van der Waals surface area contributed by atoms with E-state index in [1.54, 1.807) is 6.07 Å². The van der Waals surface area contributed by atoms with Gasteiger partial charge in [0.15, 0.2) is 5.82 Å². The number of benzene rings is 2. The predicted molar refractivity (Wildman–Crippen MR) is 93.8 cm³/mol. The lowest BCUT2D eigenvalue weighted by Crippen LogP contribution is -2.02. The Balaban J connectivity index is 1.97. The lowest BCUT2D eigenvalue weighted by atomic mass is 10.2. The minimum atomic E-state index is 0.170. The summed E-state index contributed by atoms with van der Waals surface area (Å²) in [6.45, 7) is 4.02. The van der Waals surface area contributed by atoms with Crippen LogP contribution >= 0.6 is 0 Å². The van der Waals surface area contributed by atoms with Crippen molar-refractivity contribution >= 4 is 28.2 Å². The van der Waals surface area contributed by atoms with Crippen molar-refractivity contribution in [1.29, 1.82) is 0 Å². The Kier molecular flexibility index (Phi) is 3.30. The molecule has 120 valence electrons. The van der Waals surface area contributed by atoms with Crippen LogP contribution < -0.4 is 5.32 Å². The summed E-state index contributed by atoms with van der Waals surface area (Å²) in [4.78, 5) is 4.67. The fourth-order valence-corrected chi connectivity index (χ4v) is 2.83. The number of aromatic nitrogens is 4. The fourth-order valence-electron chi connectivity index (χ4n) is 2.83. The van der Waals surface area contributed by atoms with Gasteiger partial charge in [0.2, 0.25) is 5.65 Å². The van der Waals surface area contributed by atoms with Crippen LogP contribution in [0.5, 0.6) is 5.75 Å². The third-order valence-electron chi connectivity index (χ3n) is 4.02. The second-order valence-corrected chi connectivity index (χ2v) is 5.72.